The molecule has 1 aromatic carbocycles. The van der Waals surface area contributed by atoms with Crippen LogP contribution in [-0.2, 0) is 11.8 Å². The van der Waals surface area contributed by atoms with Gasteiger partial charge in [0.1, 0.15) is 4.70 Å². The minimum atomic E-state index is -0.0560. The van der Waals surface area contributed by atoms with Crippen LogP contribution >= 0.6 is 23.1 Å². The summed E-state index contributed by atoms with van der Waals surface area (Å²) >= 11 is 2.77. The molecule has 1 fully saturated rings. The monoisotopic (exact) mass is 399 g/mol. The molecule has 5 nitrogen and oxygen atoms in total. The van der Waals surface area contributed by atoms with Crippen LogP contribution in [0.4, 0.5) is 0 Å². The van der Waals surface area contributed by atoms with Gasteiger partial charge in [-0.05, 0) is 25.3 Å². The van der Waals surface area contributed by atoms with E-state index in [4.69, 9.17) is 4.98 Å². The quantitative estimate of drug-likeness (QED) is 0.496. The first-order valence-corrected chi connectivity index (χ1v) is 10.9. The predicted molar refractivity (Wildman–Crippen MR) is 112 cm³/mol. The molecule has 1 aliphatic rings. The van der Waals surface area contributed by atoms with Gasteiger partial charge in [0.2, 0.25) is 5.91 Å². The smallest absolute Gasteiger partial charge is 0.271 e. The first-order valence-electron chi connectivity index (χ1n) is 9.00. The van der Waals surface area contributed by atoms with Crippen LogP contribution in [0.2, 0.25) is 0 Å². The second kappa shape index (κ2) is 7.48. The number of carbonyl (C=O) groups is 1. The summed E-state index contributed by atoms with van der Waals surface area (Å²) < 4.78 is 2.21. The Hall–Kier alpha value is -2.12. The molecule has 0 radical (unpaired) electrons. The Morgan fingerprint density at radius 3 is 2.63 bits per heavy atom. The fourth-order valence-electron chi connectivity index (χ4n) is 3.28. The number of amides is 1. The molecule has 0 spiro atoms. The number of nitrogens with zero attached hydrogens (tertiary/aromatic N) is 3. The summed E-state index contributed by atoms with van der Waals surface area (Å²) in [5, 5.41) is 2.58. The lowest BCUT2D eigenvalue weighted by atomic mass is 10.1. The SMILES string of the molecule is Cc1ccc(-c2csc3c(=O)n(C)c(SCC(=O)N4CCCC4)nc23)cc1. The van der Waals surface area contributed by atoms with Crippen LogP contribution in [0, 0.1) is 6.92 Å². The summed E-state index contributed by atoms with van der Waals surface area (Å²) in [7, 11) is 1.72. The average molecular weight is 400 g/mol. The largest absolute Gasteiger partial charge is 0.342 e. The van der Waals surface area contributed by atoms with Crippen LogP contribution < -0.4 is 5.56 Å². The number of hydrogen-bond donors (Lipinski definition) is 0. The Labute approximate surface area is 166 Å². The maximum absolute atomic E-state index is 12.8. The molecule has 1 amide bonds. The molecule has 7 heteroatoms. The van der Waals surface area contributed by atoms with Crippen molar-refractivity contribution in [3.63, 3.8) is 0 Å². The van der Waals surface area contributed by atoms with Crippen molar-refractivity contribution < 1.29 is 4.79 Å². The number of aromatic nitrogens is 2. The Bertz CT molecular complexity index is 1050. The van der Waals surface area contributed by atoms with Gasteiger partial charge in [-0.15, -0.1) is 11.3 Å². The first kappa shape index (κ1) is 18.3. The summed E-state index contributed by atoms with van der Waals surface area (Å²) in [6, 6.07) is 8.23. The fourth-order valence-corrected chi connectivity index (χ4v) is 5.13. The minimum absolute atomic E-state index is 0.0560. The van der Waals surface area contributed by atoms with Crippen molar-refractivity contribution >= 4 is 39.2 Å². The Morgan fingerprint density at radius 2 is 1.93 bits per heavy atom. The zero-order valence-electron chi connectivity index (χ0n) is 15.4. The Morgan fingerprint density at radius 1 is 1.22 bits per heavy atom. The van der Waals surface area contributed by atoms with Gasteiger partial charge in [0, 0.05) is 31.1 Å². The summed E-state index contributed by atoms with van der Waals surface area (Å²) in [5.74, 6) is 0.436. The van der Waals surface area contributed by atoms with E-state index >= 15 is 0 Å². The molecule has 3 heterocycles. The molecule has 1 aliphatic heterocycles. The van der Waals surface area contributed by atoms with E-state index in [0.717, 1.165) is 42.6 Å². The van der Waals surface area contributed by atoms with Gasteiger partial charge < -0.3 is 4.90 Å². The second-order valence-electron chi connectivity index (χ2n) is 6.83. The van der Waals surface area contributed by atoms with Crippen molar-refractivity contribution in [1.29, 1.82) is 0 Å². The predicted octanol–water partition coefficient (Wildman–Crippen LogP) is 3.68. The van der Waals surface area contributed by atoms with Crippen LogP contribution in [0.1, 0.15) is 18.4 Å². The lowest BCUT2D eigenvalue weighted by Crippen LogP contribution is -2.29. The van der Waals surface area contributed by atoms with E-state index in [1.165, 1.54) is 28.7 Å². The average Bonchev–Trinajstić information content (AvgIpc) is 3.34. The van der Waals surface area contributed by atoms with Gasteiger partial charge in [-0.25, -0.2) is 4.98 Å². The highest BCUT2D eigenvalue weighted by atomic mass is 32.2. The molecule has 0 atom stereocenters. The van der Waals surface area contributed by atoms with Crippen LogP contribution in [0.5, 0.6) is 0 Å². The first-order chi connectivity index (χ1) is 13.0. The summed E-state index contributed by atoms with van der Waals surface area (Å²) in [4.78, 5) is 31.8. The van der Waals surface area contributed by atoms with E-state index in [1.807, 2.05) is 10.3 Å². The maximum atomic E-state index is 12.8. The Balaban J connectivity index is 1.67. The third-order valence-electron chi connectivity index (χ3n) is 4.90. The highest BCUT2D eigenvalue weighted by Crippen LogP contribution is 2.32. The molecular formula is C20H21N3O2S2. The van der Waals surface area contributed by atoms with E-state index in [-0.39, 0.29) is 11.5 Å². The molecule has 0 aliphatic carbocycles. The van der Waals surface area contributed by atoms with E-state index in [0.29, 0.717) is 15.6 Å². The van der Waals surface area contributed by atoms with Gasteiger partial charge in [-0.1, -0.05) is 41.6 Å². The van der Waals surface area contributed by atoms with Crippen molar-refractivity contribution in [2.45, 2.75) is 24.9 Å². The molecule has 4 rings (SSSR count). The van der Waals surface area contributed by atoms with Crippen molar-refractivity contribution in [3.8, 4) is 11.1 Å². The second-order valence-corrected chi connectivity index (χ2v) is 8.65. The van der Waals surface area contributed by atoms with E-state index in [2.05, 4.69) is 31.2 Å². The van der Waals surface area contributed by atoms with Crippen molar-refractivity contribution in [1.82, 2.24) is 14.5 Å². The van der Waals surface area contributed by atoms with Gasteiger partial charge in [0.05, 0.1) is 11.3 Å². The minimum Gasteiger partial charge on any atom is -0.342 e. The zero-order valence-corrected chi connectivity index (χ0v) is 17.0. The third kappa shape index (κ3) is 3.53. The van der Waals surface area contributed by atoms with Gasteiger partial charge >= 0.3 is 0 Å². The molecule has 0 unspecified atom stereocenters. The third-order valence-corrected chi connectivity index (χ3v) is 6.88. The molecule has 0 N–H and O–H groups in total. The number of thiophene rings is 1. The number of carbonyl (C=O) groups excluding carboxylic acids is 1. The van der Waals surface area contributed by atoms with E-state index < -0.39 is 0 Å². The molecule has 140 valence electrons. The normalized spacial score (nSPS) is 14.2. The number of rotatable bonds is 4. The lowest BCUT2D eigenvalue weighted by molar-refractivity contribution is -0.127. The standard InChI is InChI=1S/C20H21N3O2S2/c1-13-5-7-14(8-6-13)15-11-26-18-17(15)21-20(22(2)19(18)25)27-12-16(24)23-9-3-4-10-23/h5-8,11H,3-4,9-10,12H2,1-2H3. The van der Waals surface area contributed by atoms with Crippen LogP contribution in [0.25, 0.3) is 21.3 Å². The molecular weight excluding hydrogens is 378 g/mol. The summed E-state index contributed by atoms with van der Waals surface area (Å²) in [5.41, 5.74) is 3.89. The molecule has 0 saturated carbocycles. The molecule has 27 heavy (non-hydrogen) atoms. The number of hydrogen-bond acceptors (Lipinski definition) is 5. The van der Waals surface area contributed by atoms with E-state index in [1.54, 1.807) is 11.6 Å². The highest BCUT2D eigenvalue weighted by Gasteiger charge is 2.20. The number of likely N-dealkylation sites (tertiary alicyclic amines) is 1. The number of benzene rings is 1. The van der Waals surface area contributed by atoms with Crippen molar-refractivity contribution in [3.05, 3.63) is 45.6 Å². The molecule has 3 aromatic rings. The van der Waals surface area contributed by atoms with Gasteiger partial charge in [0.25, 0.3) is 5.56 Å². The number of aryl methyl sites for hydroxylation is 1. The van der Waals surface area contributed by atoms with Crippen LogP contribution in [0.3, 0.4) is 0 Å². The van der Waals surface area contributed by atoms with Crippen molar-refractivity contribution in [2.75, 3.05) is 18.8 Å². The number of thioether (sulfide) groups is 1. The topological polar surface area (TPSA) is 55.2 Å². The van der Waals surface area contributed by atoms with Gasteiger partial charge in [0.15, 0.2) is 5.16 Å². The molecule has 1 saturated heterocycles. The Kier molecular flexibility index (Phi) is 5.06. The van der Waals surface area contributed by atoms with Crippen LogP contribution in [0.15, 0.2) is 39.6 Å². The van der Waals surface area contributed by atoms with E-state index in [9.17, 15) is 9.59 Å². The maximum Gasteiger partial charge on any atom is 0.271 e. The molecule has 2 aromatic heterocycles. The van der Waals surface area contributed by atoms with Gasteiger partial charge in [-0.3, -0.25) is 14.2 Å². The fraction of sp³-hybridized carbons (Fsp3) is 0.350. The summed E-state index contributed by atoms with van der Waals surface area (Å²) in [6.45, 7) is 3.73. The van der Waals surface area contributed by atoms with Gasteiger partial charge in [-0.2, -0.15) is 0 Å². The zero-order chi connectivity index (χ0) is 19.0. The van der Waals surface area contributed by atoms with Crippen molar-refractivity contribution in [2.24, 2.45) is 7.05 Å². The summed E-state index contributed by atoms with van der Waals surface area (Å²) in [6.07, 6.45) is 2.15. The van der Waals surface area contributed by atoms with Crippen LogP contribution in [-0.4, -0.2) is 39.2 Å². The molecule has 0 bridgehead atoms. The highest BCUT2D eigenvalue weighted by molar-refractivity contribution is 7.99. The lowest BCUT2D eigenvalue weighted by Gasteiger charge is -2.15. The number of fused-ring (bicyclic) bond motifs is 1.